The van der Waals surface area contributed by atoms with E-state index in [1.54, 1.807) is 0 Å². The SMILES string of the molecule is CCNC(CSc1ccccc1)c1c(C)cc(C)cc1C. The highest BCUT2D eigenvalue weighted by molar-refractivity contribution is 7.99. The van der Waals surface area contributed by atoms with Crippen LogP contribution in [0.4, 0.5) is 0 Å². The van der Waals surface area contributed by atoms with Crippen LogP contribution >= 0.6 is 11.8 Å². The molecule has 0 aliphatic heterocycles. The van der Waals surface area contributed by atoms with Crippen molar-refractivity contribution in [3.05, 3.63) is 64.7 Å². The van der Waals surface area contributed by atoms with Crippen LogP contribution in [-0.2, 0) is 0 Å². The second kappa shape index (κ2) is 7.67. The van der Waals surface area contributed by atoms with Gasteiger partial charge in [0.05, 0.1) is 0 Å². The van der Waals surface area contributed by atoms with Gasteiger partial charge in [0.25, 0.3) is 0 Å². The summed E-state index contributed by atoms with van der Waals surface area (Å²) in [6.07, 6.45) is 0. The summed E-state index contributed by atoms with van der Waals surface area (Å²) < 4.78 is 0. The van der Waals surface area contributed by atoms with Crippen LogP contribution < -0.4 is 5.32 Å². The summed E-state index contributed by atoms with van der Waals surface area (Å²) in [7, 11) is 0. The molecule has 0 radical (unpaired) electrons. The van der Waals surface area contributed by atoms with Crippen LogP contribution in [-0.4, -0.2) is 12.3 Å². The highest BCUT2D eigenvalue weighted by atomic mass is 32.2. The van der Waals surface area contributed by atoms with Crippen molar-refractivity contribution in [1.29, 1.82) is 0 Å². The van der Waals surface area contributed by atoms with Crippen LogP contribution in [0, 0.1) is 20.8 Å². The second-order valence-corrected chi connectivity index (χ2v) is 6.64. The van der Waals surface area contributed by atoms with E-state index in [0.717, 1.165) is 12.3 Å². The van der Waals surface area contributed by atoms with Crippen molar-refractivity contribution in [2.24, 2.45) is 0 Å². The quantitative estimate of drug-likeness (QED) is 0.749. The average Bonchev–Trinajstić information content (AvgIpc) is 2.45. The van der Waals surface area contributed by atoms with E-state index in [4.69, 9.17) is 0 Å². The molecule has 0 fully saturated rings. The number of aryl methyl sites for hydroxylation is 3. The lowest BCUT2D eigenvalue weighted by Crippen LogP contribution is -2.24. The Balaban J connectivity index is 2.19. The largest absolute Gasteiger partial charge is 0.309 e. The van der Waals surface area contributed by atoms with Gasteiger partial charge in [-0.25, -0.2) is 0 Å². The van der Waals surface area contributed by atoms with Gasteiger partial charge in [0, 0.05) is 16.7 Å². The van der Waals surface area contributed by atoms with Crippen molar-refractivity contribution in [2.45, 2.75) is 38.6 Å². The highest BCUT2D eigenvalue weighted by Gasteiger charge is 2.16. The van der Waals surface area contributed by atoms with Gasteiger partial charge in [-0.3, -0.25) is 0 Å². The van der Waals surface area contributed by atoms with Crippen molar-refractivity contribution in [2.75, 3.05) is 12.3 Å². The summed E-state index contributed by atoms with van der Waals surface area (Å²) in [4.78, 5) is 1.34. The lowest BCUT2D eigenvalue weighted by Gasteiger charge is -2.23. The predicted octanol–water partition coefficient (Wildman–Crippen LogP) is 5.05. The molecule has 1 N–H and O–H groups in total. The number of hydrogen-bond acceptors (Lipinski definition) is 2. The van der Waals surface area contributed by atoms with Crippen molar-refractivity contribution in [3.63, 3.8) is 0 Å². The number of thioether (sulfide) groups is 1. The minimum atomic E-state index is 0.404. The first-order chi connectivity index (χ1) is 10.1. The van der Waals surface area contributed by atoms with Crippen molar-refractivity contribution >= 4 is 11.8 Å². The number of hydrogen-bond donors (Lipinski definition) is 1. The lowest BCUT2D eigenvalue weighted by atomic mass is 9.95. The van der Waals surface area contributed by atoms with Crippen LogP contribution in [0.2, 0.25) is 0 Å². The van der Waals surface area contributed by atoms with Gasteiger partial charge in [0.2, 0.25) is 0 Å². The van der Waals surface area contributed by atoms with E-state index < -0.39 is 0 Å². The molecule has 0 aliphatic rings. The van der Waals surface area contributed by atoms with E-state index in [-0.39, 0.29) is 0 Å². The Labute approximate surface area is 133 Å². The first-order valence-electron chi connectivity index (χ1n) is 7.60. The highest BCUT2D eigenvalue weighted by Crippen LogP contribution is 2.29. The lowest BCUT2D eigenvalue weighted by molar-refractivity contribution is 0.600. The monoisotopic (exact) mass is 299 g/mol. The van der Waals surface area contributed by atoms with Gasteiger partial charge in [-0.2, -0.15) is 0 Å². The zero-order valence-electron chi connectivity index (χ0n) is 13.4. The predicted molar refractivity (Wildman–Crippen MR) is 94.2 cm³/mol. The molecule has 0 aliphatic carbocycles. The summed E-state index contributed by atoms with van der Waals surface area (Å²) in [6, 6.07) is 15.6. The molecular formula is C19H25NS. The number of benzene rings is 2. The molecule has 2 rings (SSSR count). The summed E-state index contributed by atoms with van der Waals surface area (Å²) in [5.41, 5.74) is 5.60. The standard InChI is InChI=1S/C19H25NS/c1-5-20-18(13-21-17-9-7-6-8-10-17)19-15(3)11-14(2)12-16(19)4/h6-12,18,20H,5,13H2,1-4H3. The Kier molecular flexibility index (Phi) is 5.89. The molecule has 0 aromatic heterocycles. The molecule has 0 heterocycles. The topological polar surface area (TPSA) is 12.0 Å². The van der Waals surface area contributed by atoms with E-state index in [9.17, 15) is 0 Å². The first-order valence-corrected chi connectivity index (χ1v) is 8.59. The van der Waals surface area contributed by atoms with Gasteiger partial charge < -0.3 is 5.32 Å². The minimum Gasteiger partial charge on any atom is -0.309 e. The zero-order chi connectivity index (χ0) is 15.2. The first kappa shape index (κ1) is 16.1. The normalized spacial score (nSPS) is 12.4. The molecule has 0 saturated carbocycles. The Hall–Kier alpha value is -1.25. The fourth-order valence-corrected chi connectivity index (χ4v) is 3.92. The molecule has 1 atom stereocenters. The molecular weight excluding hydrogens is 274 g/mol. The molecule has 0 bridgehead atoms. The Morgan fingerprint density at radius 1 is 1.00 bits per heavy atom. The Morgan fingerprint density at radius 3 is 2.19 bits per heavy atom. The zero-order valence-corrected chi connectivity index (χ0v) is 14.3. The maximum atomic E-state index is 3.65. The van der Waals surface area contributed by atoms with Crippen molar-refractivity contribution in [3.8, 4) is 0 Å². The third kappa shape index (κ3) is 4.36. The van der Waals surface area contributed by atoms with E-state index >= 15 is 0 Å². The van der Waals surface area contributed by atoms with Gasteiger partial charge >= 0.3 is 0 Å². The van der Waals surface area contributed by atoms with Crippen LogP contribution in [0.15, 0.2) is 47.4 Å². The Bertz CT molecular complexity index is 554. The van der Waals surface area contributed by atoms with Crippen LogP contribution in [0.1, 0.15) is 35.2 Å². The fraction of sp³-hybridized carbons (Fsp3) is 0.368. The van der Waals surface area contributed by atoms with Crippen LogP contribution in [0.25, 0.3) is 0 Å². The summed E-state index contributed by atoms with van der Waals surface area (Å²) in [5.74, 6) is 1.06. The van der Waals surface area contributed by atoms with E-state index in [0.29, 0.717) is 6.04 Å². The Morgan fingerprint density at radius 2 is 1.62 bits per heavy atom. The smallest absolute Gasteiger partial charge is 0.0420 e. The van der Waals surface area contributed by atoms with Crippen molar-refractivity contribution < 1.29 is 0 Å². The van der Waals surface area contributed by atoms with Gasteiger partial charge in [-0.15, -0.1) is 11.8 Å². The maximum Gasteiger partial charge on any atom is 0.0420 e. The average molecular weight is 299 g/mol. The molecule has 0 spiro atoms. The molecule has 0 amide bonds. The van der Waals surface area contributed by atoms with Gasteiger partial charge in [-0.05, 0) is 56.1 Å². The maximum absolute atomic E-state index is 3.65. The van der Waals surface area contributed by atoms with E-state index in [1.807, 2.05) is 11.8 Å². The van der Waals surface area contributed by atoms with E-state index in [1.165, 1.54) is 27.1 Å². The van der Waals surface area contributed by atoms with Crippen LogP contribution in [0.3, 0.4) is 0 Å². The molecule has 2 aromatic rings. The summed E-state index contributed by atoms with van der Waals surface area (Å²) >= 11 is 1.92. The molecule has 1 unspecified atom stereocenters. The molecule has 21 heavy (non-hydrogen) atoms. The number of nitrogens with one attached hydrogen (secondary N) is 1. The van der Waals surface area contributed by atoms with E-state index in [2.05, 4.69) is 75.5 Å². The van der Waals surface area contributed by atoms with Gasteiger partial charge in [-0.1, -0.05) is 42.8 Å². The molecule has 112 valence electrons. The van der Waals surface area contributed by atoms with Gasteiger partial charge in [0.1, 0.15) is 0 Å². The molecule has 2 heteroatoms. The fourth-order valence-electron chi connectivity index (χ4n) is 2.93. The number of rotatable bonds is 6. The molecule has 2 aromatic carbocycles. The van der Waals surface area contributed by atoms with Gasteiger partial charge in [0.15, 0.2) is 0 Å². The van der Waals surface area contributed by atoms with Crippen LogP contribution in [0.5, 0.6) is 0 Å². The summed E-state index contributed by atoms with van der Waals surface area (Å²) in [5, 5.41) is 3.65. The third-order valence-electron chi connectivity index (χ3n) is 3.70. The minimum absolute atomic E-state index is 0.404. The second-order valence-electron chi connectivity index (χ2n) is 5.55. The molecule has 0 saturated heterocycles. The molecule has 1 nitrogen and oxygen atoms in total. The summed E-state index contributed by atoms with van der Waals surface area (Å²) in [6.45, 7) is 9.80. The third-order valence-corrected chi connectivity index (χ3v) is 4.80. The van der Waals surface area contributed by atoms with Crippen molar-refractivity contribution in [1.82, 2.24) is 5.32 Å².